The van der Waals surface area contributed by atoms with Gasteiger partial charge in [0, 0.05) is 13.0 Å². The fourth-order valence-corrected chi connectivity index (χ4v) is 3.37. The molecule has 206 valence electrons. The number of primary amides is 1. The Kier molecular flexibility index (Phi) is 12.5. The minimum Gasteiger partial charge on any atom is -0.394 e. The molecule has 0 heterocycles. The smallest absolute Gasteiger partial charge is 0.243 e. The van der Waals surface area contributed by atoms with Crippen molar-refractivity contribution >= 4 is 29.6 Å². The number of aliphatic imine (C=N–C) groups is 1. The molecule has 12 N–H and O–H groups in total. The molecular weight excluding hydrogens is 480 g/mol. The standard InChI is InChI=1S/C24H40N8O5/c1-24(2,3)18(32-20(35)15(25)10-7-11-29-23(27)28)22(37)30-16(12-14-8-5-4-6-9-14)21(36)31-17(13-33)19(26)34/h4-6,8-9,15-18,33H,7,10-13,25H2,1-3H3,(H2,26,34)(H,30,37)(H,31,36)(H,32,35)(H4,27,28,29)/t15-,16-,17-,18+/m0/s1. The Morgan fingerprint density at radius 3 is 2.03 bits per heavy atom. The van der Waals surface area contributed by atoms with E-state index in [4.69, 9.17) is 22.9 Å². The summed E-state index contributed by atoms with van der Waals surface area (Å²) in [5, 5.41) is 17.1. The predicted molar refractivity (Wildman–Crippen MR) is 140 cm³/mol. The lowest BCUT2D eigenvalue weighted by molar-refractivity contribution is -0.135. The third kappa shape index (κ3) is 11.3. The predicted octanol–water partition coefficient (Wildman–Crippen LogP) is -2.41. The maximum absolute atomic E-state index is 13.3. The van der Waals surface area contributed by atoms with Crippen LogP contribution in [0.15, 0.2) is 35.3 Å². The van der Waals surface area contributed by atoms with E-state index in [1.54, 1.807) is 51.1 Å². The zero-order chi connectivity index (χ0) is 28.2. The molecule has 4 atom stereocenters. The maximum Gasteiger partial charge on any atom is 0.243 e. The van der Waals surface area contributed by atoms with Crippen LogP contribution in [0.25, 0.3) is 0 Å². The molecular formula is C24H40N8O5. The van der Waals surface area contributed by atoms with Gasteiger partial charge in [0.05, 0.1) is 12.6 Å². The van der Waals surface area contributed by atoms with E-state index in [0.29, 0.717) is 13.0 Å². The first-order valence-corrected chi connectivity index (χ1v) is 11.9. The lowest BCUT2D eigenvalue weighted by Crippen LogP contribution is -2.61. The van der Waals surface area contributed by atoms with Gasteiger partial charge in [0.15, 0.2) is 5.96 Å². The van der Waals surface area contributed by atoms with Gasteiger partial charge in [-0.05, 0) is 23.8 Å². The molecule has 0 aliphatic rings. The van der Waals surface area contributed by atoms with Crippen molar-refractivity contribution in [3.63, 3.8) is 0 Å². The van der Waals surface area contributed by atoms with Crippen LogP contribution < -0.4 is 38.9 Å². The number of aliphatic hydroxyl groups is 1. The van der Waals surface area contributed by atoms with Gasteiger partial charge in [-0.3, -0.25) is 24.2 Å². The topological polar surface area (TPSA) is 241 Å². The summed E-state index contributed by atoms with van der Waals surface area (Å²) in [6.07, 6.45) is 0.838. The number of nitrogens with two attached hydrogens (primary N) is 4. The van der Waals surface area contributed by atoms with E-state index in [-0.39, 0.29) is 18.8 Å². The Labute approximate surface area is 216 Å². The van der Waals surface area contributed by atoms with E-state index in [0.717, 1.165) is 5.56 Å². The monoisotopic (exact) mass is 520 g/mol. The summed E-state index contributed by atoms with van der Waals surface area (Å²) in [5.41, 5.74) is 21.8. The SMILES string of the molecule is CC(C)(C)[C@H](NC(=O)[C@@H](N)CCCN=C(N)N)C(=O)N[C@@H](Cc1ccccc1)C(=O)N[C@@H](CO)C(N)=O. The van der Waals surface area contributed by atoms with Crippen molar-refractivity contribution in [3.8, 4) is 0 Å². The van der Waals surface area contributed by atoms with Gasteiger partial charge in [0.2, 0.25) is 23.6 Å². The van der Waals surface area contributed by atoms with Crippen LogP contribution in [0.2, 0.25) is 0 Å². The molecule has 1 rings (SSSR count). The van der Waals surface area contributed by atoms with E-state index in [9.17, 15) is 24.3 Å². The normalized spacial score (nSPS) is 14.4. The number of benzene rings is 1. The largest absolute Gasteiger partial charge is 0.394 e. The van der Waals surface area contributed by atoms with Crippen LogP contribution in [0.1, 0.15) is 39.2 Å². The van der Waals surface area contributed by atoms with E-state index < -0.39 is 59.8 Å². The van der Waals surface area contributed by atoms with Crippen LogP contribution >= 0.6 is 0 Å². The average molecular weight is 521 g/mol. The molecule has 37 heavy (non-hydrogen) atoms. The number of nitrogens with one attached hydrogen (secondary N) is 3. The van der Waals surface area contributed by atoms with E-state index in [1.807, 2.05) is 0 Å². The molecule has 0 aromatic heterocycles. The van der Waals surface area contributed by atoms with E-state index >= 15 is 0 Å². The Morgan fingerprint density at radius 2 is 1.51 bits per heavy atom. The first kappa shape index (κ1) is 31.3. The molecule has 0 aliphatic carbocycles. The molecule has 0 unspecified atom stereocenters. The van der Waals surface area contributed by atoms with Crippen LogP contribution in [0.5, 0.6) is 0 Å². The van der Waals surface area contributed by atoms with Gasteiger partial charge in [0.1, 0.15) is 18.1 Å². The second-order valence-electron chi connectivity index (χ2n) is 9.76. The van der Waals surface area contributed by atoms with Gasteiger partial charge in [-0.1, -0.05) is 51.1 Å². The quantitative estimate of drug-likeness (QED) is 0.0744. The number of hydrogen-bond acceptors (Lipinski definition) is 7. The van der Waals surface area contributed by atoms with Crippen molar-refractivity contribution in [2.24, 2.45) is 33.3 Å². The molecule has 1 aromatic rings. The Hall–Kier alpha value is -3.71. The second-order valence-corrected chi connectivity index (χ2v) is 9.76. The highest BCUT2D eigenvalue weighted by Gasteiger charge is 2.36. The lowest BCUT2D eigenvalue weighted by Gasteiger charge is -2.32. The lowest BCUT2D eigenvalue weighted by atomic mass is 9.85. The van der Waals surface area contributed by atoms with Crippen molar-refractivity contribution in [2.45, 2.75) is 64.2 Å². The van der Waals surface area contributed by atoms with Crippen LogP contribution in [0.4, 0.5) is 0 Å². The Bertz CT molecular complexity index is 944. The van der Waals surface area contributed by atoms with Crippen molar-refractivity contribution in [1.29, 1.82) is 0 Å². The van der Waals surface area contributed by atoms with Gasteiger partial charge < -0.3 is 44.0 Å². The van der Waals surface area contributed by atoms with Gasteiger partial charge in [-0.15, -0.1) is 0 Å². The van der Waals surface area contributed by atoms with Crippen LogP contribution in [-0.4, -0.2) is 72.0 Å². The fraction of sp³-hybridized carbons (Fsp3) is 0.542. The molecule has 0 bridgehead atoms. The molecule has 13 nitrogen and oxygen atoms in total. The summed E-state index contributed by atoms with van der Waals surface area (Å²) in [6, 6.07) is 4.50. The van der Waals surface area contributed by atoms with Crippen LogP contribution in [0, 0.1) is 5.41 Å². The number of nitrogens with zero attached hydrogens (tertiary/aromatic N) is 1. The van der Waals surface area contributed by atoms with Crippen molar-refractivity contribution in [3.05, 3.63) is 35.9 Å². The molecule has 0 fully saturated rings. The molecule has 4 amide bonds. The Balaban J connectivity index is 3.04. The number of hydrogen-bond donors (Lipinski definition) is 8. The number of amides is 4. The van der Waals surface area contributed by atoms with Crippen LogP contribution in [0.3, 0.4) is 0 Å². The number of guanidine groups is 1. The zero-order valence-corrected chi connectivity index (χ0v) is 21.6. The first-order chi connectivity index (χ1) is 17.3. The number of aliphatic hydroxyl groups excluding tert-OH is 1. The van der Waals surface area contributed by atoms with E-state index in [2.05, 4.69) is 20.9 Å². The summed E-state index contributed by atoms with van der Waals surface area (Å²) < 4.78 is 0. The molecule has 0 saturated carbocycles. The van der Waals surface area contributed by atoms with Gasteiger partial charge in [-0.25, -0.2) is 0 Å². The van der Waals surface area contributed by atoms with Crippen molar-refractivity contribution in [1.82, 2.24) is 16.0 Å². The average Bonchev–Trinajstić information content (AvgIpc) is 2.82. The first-order valence-electron chi connectivity index (χ1n) is 11.9. The molecule has 0 aliphatic heterocycles. The molecule has 0 radical (unpaired) electrons. The molecule has 13 heteroatoms. The minimum absolute atomic E-state index is 0.0577. The van der Waals surface area contributed by atoms with Gasteiger partial charge in [-0.2, -0.15) is 0 Å². The summed E-state index contributed by atoms with van der Waals surface area (Å²) in [4.78, 5) is 54.4. The Morgan fingerprint density at radius 1 is 0.919 bits per heavy atom. The third-order valence-corrected chi connectivity index (χ3v) is 5.48. The molecule has 0 spiro atoms. The highest BCUT2D eigenvalue weighted by Crippen LogP contribution is 2.20. The fourth-order valence-electron chi connectivity index (χ4n) is 3.37. The number of carbonyl (C=O) groups excluding carboxylic acids is 4. The highest BCUT2D eigenvalue weighted by molar-refractivity contribution is 5.95. The number of carbonyl (C=O) groups is 4. The van der Waals surface area contributed by atoms with Gasteiger partial charge in [0.25, 0.3) is 0 Å². The molecule has 1 aromatic carbocycles. The van der Waals surface area contributed by atoms with Crippen molar-refractivity contribution in [2.75, 3.05) is 13.2 Å². The minimum atomic E-state index is -1.32. The zero-order valence-electron chi connectivity index (χ0n) is 21.6. The van der Waals surface area contributed by atoms with Crippen LogP contribution in [-0.2, 0) is 25.6 Å². The van der Waals surface area contributed by atoms with Gasteiger partial charge >= 0.3 is 0 Å². The second kappa shape index (κ2) is 14.8. The number of rotatable bonds is 14. The third-order valence-electron chi connectivity index (χ3n) is 5.48. The molecule has 0 saturated heterocycles. The van der Waals surface area contributed by atoms with E-state index in [1.165, 1.54) is 0 Å². The summed E-state index contributed by atoms with van der Waals surface area (Å²) in [5.74, 6) is -2.86. The summed E-state index contributed by atoms with van der Waals surface area (Å²) in [6.45, 7) is 4.87. The summed E-state index contributed by atoms with van der Waals surface area (Å²) >= 11 is 0. The van der Waals surface area contributed by atoms with Crippen molar-refractivity contribution < 1.29 is 24.3 Å². The maximum atomic E-state index is 13.3. The highest BCUT2D eigenvalue weighted by atomic mass is 16.3. The summed E-state index contributed by atoms with van der Waals surface area (Å²) in [7, 11) is 0.